The molecule has 2 aromatic carbocycles. The molecule has 1 aromatic heterocycles. The van der Waals surface area contributed by atoms with Crippen LogP contribution in [0.2, 0.25) is 0 Å². The van der Waals surface area contributed by atoms with Gasteiger partial charge in [0.2, 0.25) is 5.95 Å². The molecule has 0 unspecified atom stereocenters. The molecule has 200 valence electrons. The van der Waals surface area contributed by atoms with Crippen molar-refractivity contribution in [2.24, 2.45) is 0 Å². The van der Waals surface area contributed by atoms with E-state index in [0.717, 1.165) is 58.6 Å². The van der Waals surface area contributed by atoms with E-state index in [-0.39, 0.29) is 0 Å². The second-order valence-electron chi connectivity index (χ2n) is 9.53. The summed E-state index contributed by atoms with van der Waals surface area (Å²) in [6.45, 7) is 9.25. The van der Waals surface area contributed by atoms with Crippen molar-refractivity contribution < 1.29 is 9.30 Å². The highest BCUT2D eigenvalue weighted by molar-refractivity contribution is 7.70. The predicted octanol–water partition coefficient (Wildman–Crippen LogP) is 5.34. The molecule has 0 radical (unpaired) electrons. The Labute approximate surface area is 224 Å². The van der Waals surface area contributed by atoms with Crippen molar-refractivity contribution >= 4 is 53.1 Å². The first-order valence-electron chi connectivity index (χ1n) is 12.6. The van der Waals surface area contributed by atoms with Crippen molar-refractivity contribution in [1.82, 2.24) is 15.3 Å². The summed E-state index contributed by atoms with van der Waals surface area (Å²) in [5.41, 5.74) is 6.13. The van der Waals surface area contributed by atoms with Gasteiger partial charge < -0.3 is 35.6 Å². The standard InChI is InChI=1S/C28H36N7O2P/c1-7-35-13-12-21(30-3)20(16-29)19-14-23(25(37-4)15-24(19)35)33-28-31-17-18(2)27(34-28)32-22-10-8-9-11-26(22)38(5,6)36/h8-11,14-17,29-30H,7,12-13H2,1-6H3,(H2,31,32,33,34). The van der Waals surface area contributed by atoms with Crippen LogP contribution in [0.25, 0.3) is 5.57 Å². The SMILES string of the molecule is CCN1CCC(NC)=C(C=N)c2cc(Nc3ncc(C)c(Nc4ccccc4P(C)(C)=O)n3)c(OC)cc21. The fraction of sp³-hybridized carbons (Fsp3) is 0.321. The Kier molecular flexibility index (Phi) is 8.07. The third-order valence-electron chi connectivity index (χ3n) is 6.69. The van der Waals surface area contributed by atoms with E-state index in [0.29, 0.717) is 23.2 Å². The van der Waals surface area contributed by atoms with Gasteiger partial charge in [-0.2, -0.15) is 4.98 Å². The number of para-hydroxylation sites is 1. The number of ether oxygens (including phenoxy) is 1. The van der Waals surface area contributed by atoms with E-state index in [2.05, 4.69) is 32.8 Å². The number of hydrogen-bond donors (Lipinski definition) is 4. The Morgan fingerprint density at radius 3 is 2.61 bits per heavy atom. The second-order valence-corrected chi connectivity index (χ2v) is 12.7. The Bertz CT molecular complexity index is 1430. The maximum absolute atomic E-state index is 12.8. The van der Waals surface area contributed by atoms with Gasteiger partial charge in [0, 0.05) is 78.4 Å². The van der Waals surface area contributed by atoms with E-state index in [1.807, 2.05) is 50.4 Å². The zero-order valence-electron chi connectivity index (χ0n) is 22.8. The first kappa shape index (κ1) is 27.2. The largest absolute Gasteiger partial charge is 0.494 e. The van der Waals surface area contributed by atoms with Crippen molar-refractivity contribution in [2.75, 3.05) is 56.1 Å². The van der Waals surface area contributed by atoms with Crippen LogP contribution < -0.4 is 30.9 Å². The summed E-state index contributed by atoms with van der Waals surface area (Å²) in [6.07, 6.45) is 3.96. The molecule has 9 nitrogen and oxygen atoms in total. The van der Waals surface area contributed by atoms with Gasteiger partial charge in [-0.05, 0) is 45.4 Å². The summed E-state index contributed by atoms with van der Waals surface area (Å²) < 4.78 is 18.6. The van der Waals surface area contributed by atoms with E-state index in [4.69, 9.17) is 15.1 Å². The molecule has 4 rings (SSSR count). The Morgan fingerprint density at radius 1 is 1.18 bits per heavy atom. The maximum atomic E-state index is 12.8. The fourth-order valence-electron chi connectivity index (χ4n) is 4.66. The number of methoxy groups -OCH3 is 1. The van der Waals surface area contributed by atoms with Crippen molar-refractivity contribution in [3.8, 4) is 5.75 Å². The summed E-state index contributed by atoms with van der Waals surface area (Å²) in [5.74, 6) is 1.66. The number of anilines is 5. The van der Waals surface area contributed by atoms with Gasteiger partial charge in [0.1, 0.15) is 18.7 Å². The highest BCUT2D eigenvalue weighted by Crippen LogP contribution is 2.41. The lowest BCUT2D eigenvalue weighted by molar-refractivity contribution is 0.416. The maximum Gasteiger partial charge on any atom is 0.229 e. The molecule has 0 bridgehead atoms. The number of aromatic nitrogens is 2. The van der Waals surface area contributed by atoms with E-state index >= 15 is 0 Å². The van der Waals surface area contributed by atoms with Gasteiger partial charge >= 0.3 is 0 Å². The molecule has 0 fully saturated rings. The lowest BCUT2D eigenvalue weighted by Crippen LogP contribution is -2.24. The Hall–Kier alpha value is -3.84. The lowest BCUT2D eigenvalue weighted by atomic mass is 10.0. The molecule has 4 N–H and O–H groups in total. The molecular formula is C28H36N7O2P. The number of benzene rings is 2. The number of hydrogen-bond acceptors (Lipinski definition) is 9. The van der Waals surface area contributed by atoms with Crippen molar-refractivity contribution in [2.45, 2.75) is 20.3 Å². The van der Waals surface area contributed by atoms with E-state index < -0.39 is 7.14 Å². The minimum Gasteiger partial charge on any atom is -0.494 e. The van der Waals surface area contributed by atoms with Crippen LogP contribution in [-0.4, -0.2) is 56.8 Å². The molecule has 0 aliphatic carbocycles. The smallest absolute Gasteiger partial charge is 0.229 e. The lowest BCUT2D eigenvalue weighted by Gasteiger charge is -2.25. The van der Waals surface area contributed by atoms with Crippen LogP contribution in [0.1, 0.15) is 24.5 Å². The topological polar surface area (TPSA) is 115 Å². The number of rotatable bonds is 9. The number of aryl methyl sites for hydroxylation is 1. The molecule has 1 aliphatic rings. The third kappa shape index (κ3) is 5.53. The fourth-order valence-corrected chi connectivity index (χ4v) is 5.81. The van der Waals surface area contributed by atoms with Crippen molar-refractivity contribution in [3.63, 3.8) is 0 Å². The van der Waals surface area contributed by atoms with Crippen molar-refractivity contribution in [3.05, 3.63) is 59.4 Å². The second kappa shape index (κ2) is 11.3. The molecule has 3 aromatic rings. The quantitative estimate of drug-likeness (QED) is 0.215. The summed E-state index contributed by atoms with van der Waals surface area (Å²) in [4.78, 5) is 11.5. The van der Waals surface area contributed by atoms with Gasteiger partial charge in [-0.1, -0.05) is 12.1 Å². The molecule has 0 saturated heterocycles. The normalized spacial score (nSPS) is 13.5. The van der Waals surface area contributed by atoms with Gasteiger partial charge in [-0.15, -0.1) is 0 Å². The molecule has 10 heteroatoms. The first-order chi connectivity index (χ1) is 18.2. The molecule has 2 heterocycles. The van der Waals surface area contributed by atoms with Crippen LogP contribution in [0, 0.1) is 12.3 Å². The molecule has 0 atom stereocenters. The molecule has 1 aliphatic heterocycles. The van der Waals surface area contributed by atoms with Crippen LogP contribution in [0.3, 0.4) is 0 Å². The van der Waals surface area contributed by atoms with Gasteiger partial charge in [0.25, 0.3) is 0 Å². The highest BCUT2D eigenvalue weighted by atomic mass is 31.2. The van der Waals surface area contributed by atoms with Crippen LogP contribution in [0.4, 0.5) is 28.8 Å². The van der Waals surface area contributed by atoms with Crippen molar-refractivity contribution in [1.29, 1.82) is 5.41 Å². The number of allylic oxidation sites excluding steroid dienone is 1. The van der Waals surface area contributed by atoms with Crippen LogP contribution in [-0.2, 0) is 4.57 Å². The van der Waals surface area contributed by atoms with Crippen LogP contribution >= 0.6 is 7.14 Å². The van der Waals surface area contributed by atoms with Gasteiger partial charge in [-0.3, -0.25) is 0 Å². The molecule has 38 heavy (non-hydrogen) atoms. The molecule has 0 amide bonds. The van der Waals surface area contributed by atoms with Crippen LogP contribution in [0.15, 0.2) is 48.3 Å². The first-order valence-corrected chi connectivity index (χ1v) is 15.2. The predicted molar refractivity (Wildman–Crippen MR) is 159 cm³/mol. The minimum absolute atomic E-state index is 0.389. The molecule has 0 saturated carbocycles. The third-order valence-corrected chi connectivity index (χ3v) is 8.24. The number of fused-ring (bicyclic) bond motifs is 1. The van der Waals surface area contributed by atoms with E-state index in [9.17, 15) is 4.57 Å². The molecular weight excluding hydrogens is 497 g/mol. The van der Waals surface area contributed by atoms with Gasteiger partial charge in [0.05, 0.1) is 18.5 Å². The summed E-state index contributed by atoms with van der Waals surface area (Å²) in [5, 5.41) is 18.9. The number of nitrogens with zero attached hydrogens (tertiary/aromatic N) is 3. The average Bonchev–Trinajstić information content (AvgIpc) is 3.05. The van der Waals surface area contributed by atoms with Gasteiger partial charge in [-0.25, -0.2) is 4.98 Å². The van der Waals surface area contributed by atoms with E-state index in [1.165, 1.54) is 6.21 Å². The summed E-state index contributed by atoms with van der Waals surface area (Å²) in [6, 6.07) is 11.6. The average molecular weight is 534 g/mol. The monoisotopic (exact) mass is 533 g/mol. The zero-order chi connectivity index (χ0) is 27.4. The Balaban J connectivity index is 1.75. The van der Waals surface area contributed by atoms with E-state index in [1.54, 1.807) is 26.6 Å². The zero-order valence-corrected chi connectivity index (χ0v) is 23.7. The Morgan fingerprint density at radius 2 is 1.95 bits per heavy atom. The summed E-state index contributed by atoms with van der Waals surface area (Å²) >= 11 is 0. The minimum atomic E-state index is -2.49. The number of nitrogens with one attached hydrogen (secondary N) is 4. The highest BCUT2D eigenvalue weighted by Gasteiger charge is 2.23. The van der Waals surface area contributed by atoms with Gasteiger partial charge in [0.15, 0.2) is 0 Å². The van der Waals surface area contributed by atoms with Crippen LogP contribution in [0.5, 0.6) is 5.75 Å². The molecule has 0 spiro atoms. The summed E-state index contributed by atoms with van der Waals surface area (Å²) in [7, 11) is 1.04.